The number of hydrogen-bond donors (Lipinski definition) is 1. The van der Waals surface area contributed by atoms with Gasteiger partial charge in [0.05, 0.1) is 25.5 Å². The highest BCUT2D eigenvalue weighted by Crippen LogP contribution is 2.26. The van der Waals surface area contributed by atoms with Crippen LogP contribution in [0.25, 0.3) is 0 Å². The largest absolute Gasteiger partial charge is 0.512 e. The van der Waals surface area contributed by atoms with E-state index in [0.29, 0.717) is 22.4 Å². The van der Waals surface area contributed by atoms with Crippen LogP contribution in [0.2, 0.25) is 0 Å². The number of ether oxygens (including phenoxy) is 2. The Morgan fingerprint density at radius 2 is 1.64 bits per heavy atom. The Morgan fingerprint density at radius 1 is 1.00 bits per heavy atom. The van der Waals surface area contributed by atoms with Gasteiger partial charge in [-0.3, -0.25) is 4.79 Å². The molecule has 142 valence electrons. The third kappa shape index (κ3) is 3.42. The lowest BCUT2D eigenvalue weighted by molar-refractivity contribution is -0.135. The molecule has 0 bridgehead atoms. The summed E-state index contributed by atoms with van der Waals surface area (Å²) in [4.78, 5) is 33.3. The molecule has 0 fully saturated rings. The van der Waals surface area contributed by atoms with E-state index in [1.807, 2.05) is 0 Å². The molecule has 2 aromatic carbocycles. The first kappa shape index (κ1) is 19.0. The minimum absolute atomic E-state index is 0.0788. The van der Waals surface area contributed by atoms with Crippen LogP contribution < -0.4 is 4.74 Å². The molecule has 1 aliphatic heterocycles. The van der Waals surface area contributed by atoms with E-state index in [9.17, 15) is 14.7 Å². The smallest absolute Gasteiger partial charge is 0.343 e. The highest BCUT2D eigenvalue weighted by Gasteiger charge is 2.30. The van der Waals surface area contributed by atoms with Gasteiger partial charge in [-0.2, -0.15) is 4.99 Å². The van der Waals surface area contributed by atoms with Crippen molar-refractivity contribution >= 4 is 23.4 Å². The SMILES string of the molecule is COC(=O)C(C1=NC(=NC(=O)c2ccccc2OC)c2ccccc21)=C(C)O. The third-order valence-electron chi connectivity index (χ3n) is 4.17. The standard InChI is InChI=1S/C21H18N2O5/c1-12(24)17(21(26)28-3)18-13-8-4-5-9-14(13)19(22-18)23-20(25)15-10-6-7-11-16(15)27-2/h4-11,24H,1-3H3. The third-order valence-corrected chi connectivity index (χ3v) is 4.17. The van der Waals surface area contributed by atoms with Gasteiger partial charge in [0.1, 0.15) is 17.1 Å². The Morgan fingerprint density at radius 3 is 2.29 bits per heavy atom. The maximum absolute atomic E-state index is 12.7. The lowest BCUT2D eigenvalue weighted by Crippen LogP contribution is -2.16. The number of amides is 1. The molecule has 7 heteroatoms. The highest BCUT2D eigenvalue weighted by molar-refractivity contribution is 6.36. The maximum Gasteiger partial charge on any atom is 0.343 e. The average Bonchev–Trinajstić information content (AvgIpc) is 3.05. The molecule has 0 spiro atoms. The fourth-order valence-corrected chi connectivity index (χ4v) is 2.88. The summed E-state index contributed by atoms with van der Waals surface area (Å²) in [6.45, 7) is 1.37. The molecule has 0 atom stereocenters. The average molecular weight is 378 g/mol. The molecule has 3 rings (SSSR count). The Labute approximate surface area is 161 Å². The van der Waals surface area contributed by atoms with Crippen molar-refractivity contribution in [2.45, 2.75) is 6.92 Å². The van der Waals surface area contributed by atoms with Gasteiger partial charge in [0.2, 0.25) is 0 Å². The van der Waals surface area contributed by atoms with E-state index in [4.69, 9.17) is 9.47 Å². The number of amidine groups is 1. The number of aliphatic imine (C=N–C) groups is 2. The minimum atomic E-state index is -0.731. The first-order chi connectivity index (χ1) is 13.5. The van der Waals surface area contributed by atoms with Gasteiger partial charge in [-0.15, -0.1) is 0 Å². The van der Waals surface area contributed by atoms with Crippen LogP contribution in [0.15, 0.2) is 69.8 Å². The lowest BCUT2D eigenvalue weighted by atomic mass is 9.99. The van der Waals surface area contributed by atoms with Gasteiger partial charge in [-0.05, 0) is 19.1 Å². The Kier molecular flexibility index (Phi) is 5.35. The number of methoxy groups -OCH3 is 2. The summed E-state index contributed by atoms with van der Waals surface area (Å²) in [5, 5.41) is 9.99. The quantitative estimate of drug-likeness (QED) is 0.501. The van der Waals surface area contributed by atoms with Crippen LogP contribution in [0, 0.1) is 0 Å². The van der Waals surface area contributed by atoms with Crippen LogP contribution in [0.3, 0.4) is 0 Å². The van der Waals surface area contributed by atoms with Crippen molar-refractivity contribution in [3.8, 4) is 5.75 Å². The number of nitrogens with zero attached hydrogens (tertiary/aromatic N) is 2. The number of aliphatic hydroxyl groups is 1. The molecule has 0 radical (unpaired) electrons. The van der Waals surface area contributed by atoms with Crippen LogP contribution >= 0.6 is 0 Å². The van der Waals surface area contributed by atoms with Crippen LogP contribution in [0.5, 0.6) is 5.75 Å². The molecule has 1 amide bonds. The summed E-state index contributed by atoms with van der Waals surface area (Å²) in [6.07, 6.45) is 0. The highest BCUT2D eigenvalue weighted by atomic mass is 16.5. The molecule has 1 heterocycles. The van der Waals surface area contributed by atoms with Gasteiger partial charge in [-0.25, -0.2) is 9.79 Å². The lowest BCUT2D eigenvalue weighted by Gasteiger charge is -2.07. The Balaban J connectivity index is 2.13. The second-order valence-corrected chi connectivity index (χ2v) is 5.90. The molecule has 1 N–H and O–H groups in total. The van der Waals surface area contributed by atoms with Crippen LogP contribution in [0.4, 0.5) is 0 Å². The fourth-order valence-electron chi connectivity index (χ4n) is 2.88. The number of carbonyl (C=O) groups excluding carboxylic acids is 2. The number of allylic oxidation sites excluding steroid dienone is 1. The number of aliphatic hydroxyl groups excluding tert-OH is 1. The summed E-state index contributed by atoms with van der Waals surface area (Å²) in [5.41, 5.74) is 1.56. The molecular formula is C21H18N2O5. The molecule has 0 saturated carbocycles. The van der Waals surface area contributed by atoms with Crippen molar-refractivity contribution in [2.75, 3.05) is 14.2 Å². The zero-order chi connectivity index (χ0) is 20.3. The van der Waals surface area contributed by atoms with Crippen molar-refractivity contribution in [3.05, 3.63) is 76.6 Å². The normalized spacial score (nSPS) is 14.8. The molecule has 7 nitrogen and oxygen atoms in total. The van der Waals surface area contributed by atoms with Gasteiger partial charge in [0.15, 0.2) is 5.84 Å². The van der Waals surface area contributed by atoms with Crippen LogP contribution in [-0.2, 0) is 9.53 Å². The zero-order valence-corrected chi connectivity index (χ0v) is 15.6. The summed E-state index contributed by atoms with van der Waals surface area (Å²) in [6, 6.07) is 13.7. The van der Waals surface area contributed by atoms with Gasteiger partial charge in [0, 0.05) is 11.1 Å². The molecule has 0 saturated heterocycles. The zero-order valence-electron chi connectivity index (χ0n) is 15.6. The number of esters is 1. The first-order valence-electron chi connectivity index (χ1n) is 8.41. The van der Waals surface area contributed by atoms with E-state index >= 15 is 0 Å². The monoisotopic (exact) mass is 378 g/mol. The van der Waals surface area contributed by atoms with E-state index in [2.05, 4.69) is 9.98 Å². The number of benzene rings is 2. The van der Waals surface area contributed by atoms with E-state index < -0.39 is 11.9 Å². The molecular weight excluding hydrogens is 360 g/mol. The van der Waals surface area contributed by atoms with E-state index in [1.165, 1.54) is 21.1 Å². The van der Waals surface area contributed by atoms with Gasteiger partial charge in [-0.1, -0.05) is 36.4 Å². The van der Waals surface area contributed by atoms with Gasteiger partial charge >= 0.3 is 5.97 Å². The van der Waals surface area contributed by atoms with E-state index in [-0.39, 0.29) is 22.9 Å². The Hall–Kier alpha value is -3.74. The van der Waals surface area contributed by atoms with Crippen molar-refractivity contribution < 1.29 is 24.2 Å². The Bertz CT molecular complexity index is 1050. The second-order valence-electron chi connectivity index (χ2n) is 5.90. The summed E-state index contributed by atoms with van der Waals surface area (Å²) >= 11 is 0. The van der Waals surface area contributed by atoms with Crippen LogP contribution in [-0.4, -0.2) is 42.7 Å². The molecule has 28 heavy (non-hydrogen) atoms. The minimum Gasteiger partial charge on any atom is -0.512 e. The number of hydrogen-bond acceptors (Lipinski definition) is 5. The van der Waals surface area contributed by atoms with Crippen LogP contribution in [0.1, 0.15) is 28.4 Å². The van der Waals surface area contributed by atoms with Crippen molar-refractivity contribution in [1.82, 2.24) is 0 Å². The van der Waals surface area contributed by atoms with Gasteiger partial charge < -0.3 is 14.6 Å². The van der Waals surface area contributed by atoms with Crippen molar-refractivity contribution in [1.29, 1.82) is 0 Å². The molecule has 2 aromatic rings. The van der Waals surface area contributed by atoms with Crippen molar-refractivity contribution in [2.24, 2.45) is 9.98 Å². The van der Waals surface area contributed by atoms with Crippen molar-refractivity contribution in [3.63, 3.8) is 0 Å². The first-order valence-corrected chi connectivity index (χ1v) is 8.41. The molecule has 0 unspecified atom stereocenters. The summed E-state index contributed by atoms with van der Waals surface area (Å²) in [7, 11) is 2.69. The maximum atomic E-state index is 12.7. The van der Waals surface area contributed by atoms with E-state index in [1.54, 1.807) is 48.5 Å². The predicted molar refractivity (Wildman–Crippen MR) is 104 cm³/mol. The molecule has 0 aliphatic carbocycles. The number of fused-ring (bicyclic) bond motifs is 1. The summed E-state index contributed by atoms with van der Waals surface area (Å²) in [5.74, 6) is -0.960. The number of para-hydroxylation sites is 1. The number of carbonyl (C=O) groups is 2. The predicted octanol–water partition coefficient (Wildman–Crippen LogP) is 3.09. The second kappa shape index (κ2) is 7.87. The number of rotatable bonds is 4. The topological polar surface area (TPSA) is 97.6 Å². The van der Waals surface area contributed by atoms with Gasteiger partial charge in [0.25, 0.3) is 5.91 Å². The molecule has 0 aromatic heterocycles. The fraction of sp³-hybridized carbons (Fsp3) is 0.143. The summed E-state index contributed by atoms with van der Waals surface area (Å²) < 4.78 is 9.97. The molecule has 1 aliphatic rings. The van der Waals surface area contributed by atoms with E-state index in [0.717, 1.165) is 0 Å².